The lowest BCUT2D eigenvalue weighted by Crippen LogP contribution is -2.44. The van der Waals surface area contributed by atoms with Crippen molar-refractivity contribution in [2.24, 2.45) is 10.9 Å². The first-order valence-electron chi connectivity index (χ1n) is 8.49. The number of phenols is 1. The molecule has 0 bridgehead atoms. The highest BCUT2D eigenvalue weighted by atomic mass is 79.9. The predicted molar refractivity (Wildman–Crippen MR) is 101 cm³/mol. The van der Waals surface area contributed by atoms with Gasteiger partial charge in [0.25, 0.3) is 0 Å². The third-order valence-corrected chi connectivity index (χ3v) is 4.80. The fourth-order valence-corrected chi connectivity index (χ4v) is 3.16. The summed E-state index contributed by atoms with van der Waals surface area (Å²) in [6, 6.07) is 2.05. The van der Waals surface area contributed by atoms with Gasteiger partial charge >= 0.3 is 12.0 Å². The Morgan fingerprint density at radius 2 is 2.12 bits per heavy atom. The van der Waals surface area contributed by atoms with Gasteiger partial charge in [-0.05, 0) is 60.8 Å². The fraction of sp³-hybridized carbons (Fsp3) is 0.500. The van der Waals surface area contributed by atoms with E-state index in [4.69, 9.17) is 9.47 Å². The maximum Gasteiger partial charge on any atom is 0.341 e. The van der Waals surface area contributed by atoms with Gasteiger partial charge in [0.15, 0.2) is 11.5 Å². The lowest BCUT2D eigenvalue weighted by Gasteiger charge is -2.31. The molecule has 3 atom stereocenters. The van der Waals surface area contributed by atoms with E-state index in [1.54, 1.807) is 26.0 Å². The van der Waals surface area contributed by atoms with Crippen LogP contribution in [-0.2, 0) is 9.53 Å². The maximum absolute atomic E-state index is 12.7. The first kappa shape index (κ1) is 20.2. The highest BCUT2D eigenvalue weighted by Gasteiger charge is 2.39. The van der Waals surface area contributed by atoms with E-state index in [9.17, 15) is 14.7 Å². The molecule has 0 aromatic heterocycles. The van der Waals surface area contributed by atoms with Gasteiger partial charge in [0.05, 0.1) is 23.2 Å². The molecule has 2 rings (SSSR count). The molecule has 0 saturated heterocycles. The third kappa shape index (κ3) is 4.35. The SMILES string of the molecule is CCOc1cc(C2NC(=O)N=C(C)C2C(=O)OC(C)CC)cc(Br)c1O. The average Bonchev–Trinajstić information content (AvgIpc) is 2.57. The summed E-state index contributed by atoms with van der Waals surface area (Å²) in [6.07, 6.45) is 0.449. The van der Waals surface area contributed by atoms with Crippen LogP contribution in [0.5, 0.6) is 11.5 Å². The van der Waals surface area contributed by atoms with Gasteiger partial charge in [-0.1, -0.05) is 6.92 Å². The normalized spacial score (nSPS) is 20.8. The molecule has 1 heterocycles. The van der Waals surface area contributed by atoms with E-state index in [1.165, 1.54) is 0 Å². The zero-order valence-electron chi connectivity index (χ0n) is 15.2. The maximum atomic E-state index is 12.7. The van der Waals surface area contributed by atoms with Crippen molar-refractivity contribution in [3.05, 3.63) is 22.2 Å². The summed E-state index contributed by atoms with van der Waals surface area (Å²) in [5.74, 6) is -0.984. The van der Waals surface area contributed by atoms with Gasteiger partial charge in [-0.25, -0.2) is 9.79 Å². The second kappa shape index (κ2) is 8.53. The number of phenolic OH excluding ortho intramolecular Hbond substituents is 1. The predicted octanol–water partition coefficient (Wildman–Crippen LogP) is 3.74. The van der Waals surface area contributed by atoms with E-state index in [2.05, 4.69) is 26.2 Å². The summed E-state index contributed by atoms with van der Waals surface area (Å²) in [6.45, 7) is 7.52. The number of amides is 2. The molecule has 1 aromatic rings. The Bertz CT molecular complexity index is 735. The minimum atomic E-state index is -0.757. The number of rotatable bonds is 6. The van der Waals surface area contributed by atoms with Crippen molar-refractivity contribution in [2.45, 2.75) is 46.3 Å². The van der Waals surface area contributed by atoms with Gasteiger partial charge in [0, 0.05) is 5.71 Å². The highest BCUT2D eigenvalue weighted by molar-refractivity contribution is 9.10. The molecule has 1 aliphatic rings. The quantitative estimate of drug-likeness (QED) is 0.675. The number of carbonyl (C=O) groups excluding carboxylic acids is 2. The molecule has 1 aliphatic heterocycles. The van der Waals surface area contributed by atoms with Gasteiger partial charge in [0.1, 0.15) is 5.92 Å². The molecule has 0 fully saturated rings. The molecule has 3 unspecified atom stereocenters. The number of ether oxygens (including phenoxy) is 2. The Morgan fingerprint density at radius 3 is 2.73 bits per heavy atom. The second-order valence-corrected chi connectivity index (χ2v) is 6.95. The van der Waals surface area contributed by atoms with Crippen LogP contribution >= 0.6 is 15.9 Å². The van der Waals surface area contributed by atoms with Crippen molar-refractivity contribution in [3.8, 4) is 11.5 Å². The Morgan fingerprint density at radius 1 is 1.42 bits per heavy atom. The van der Waals surface area contributed by atoms with Crippen LogP contribution in [0.15, 0.2) is 21.6 Å². The number of hydrogen-bond donors (Lipinski definition) is 2. The number of benzene rings is 1. The Balaban J connectivity index is 2.45. The van der Waals surface area contributed by atoms with E-state index in [0.29, 0.717) is 28.8 Å². The highest BCUT2D eigenvalue weighted by Crippen LogP contribution is 2.39. The van der Waals surface area contributed by atoms with Gasteiger partial charge in [0.2, 0.25) is 0 Å². The van der Waals surface area contributed by atoms with Crippen LogP contribution in [0, 0.1) is 5.92 Å². The lowest BCUT2D eigenvalue weighted by molar-refractivity contribution is -0.151. The summed E-state index contributed by atoms with van der Waals surface area (Å²) >= 11 is 3.28. The summed E-state index contributed by atoms with van der Waals surface area (Å²) in [5.41, 5.74) is 0.987. The van der Waals surface area contributed by atoms with Crippen molar-refractivity contribution in [3.63, 3.8) is 0 Å². The van der Waals surface area contributed by atoms with Crippen molar-refractivity contribution in [2.75, 3.05) is 6.61 Å². The van der Waals surface area contributed by atoms with E-state index in [1.807, 2.05) is 13.8 Å². The van der Waals surface area contributed by atoms with Gasteiger partial charge in [-0.15, -0.1) is 0 Å². The monoisotopic (exact) mass is 426 g/mol. The number of nitrogens with zero attached hydrogens (tertiary/aromatic N) is 1. The summed E-state index contributed by atoms with van der Waals surface area (Å²) in [5, 5.41) is 12.8. The number of halogens is 1. The summed E-state index contributed by atoms with van der Waals surface area (Å²) in [7, 11) is 0. The fourth-order valence-electron chi connectivity index (χ4n) is 2.70. The molecule has 1 aromatic carbocycles. The lowest BCUT2D eigenvalue weighted by atomic mass is 9.88. The largest absolute Gasteiger partial charge is 0.503 e. The van der Waals surface area contributed by atoms with E-state index in [-0.39, 0.29) is 17.6 Å². The molecule has 0 aliphatic carbocycles. The molecule has 0 spiro atoms. The number of aliphatic imine (C=N–C) groups is 1. The molecule has 142 valence electrons. The van der Waals surface area contributed by atoms with Crippen LogP contribution in [0.4, 0.5) is 4.79 Å². The summed E-state index contributed by atoms with van der Waals surface area (Å²) < 4.78 is 11.3. The van der Waals surface area contributed by atoms with E-state index >= 15 is 0 Å². The van der Waals surface area contributed by atoms with Crippen LogP contribution in [0.2, 0.25) is 0 Å². The van der Waals surface area contributed by atoms with Crippen LogP contribution in [-0.4, -0.2) is 35.5 Å². The van der Waals surface area contributed by atoms with Crippen molar-refractivity contribution < 1.29 is 24.2 Å². The van der Waals surface area contributed by atoms with E-state index in [0.717, 1.165) is 0 Å². The standard InChI is InChI=1S/C18H23BrN2O5/c1-5-9(3)26-17(23)14-10(4)20-18(24)21-15(14)11-7-12(19)16(22)13(8-11)25-6-2/h7-9,14-15,22H,5-6H2,1-4H3,(H,21,24). The first-order chi connectivity index (χ1) is 12.3. The van der Waals surface area contributed by atoms with Gasteiger partial charge in [-0.2, -0.15) is 0 Å². The summed E-state index contributed by atoms with van der Waals surface area (Å²) in [4.78, 5) is 28.5. The third-order valence-electron chi connectivity index (χ3n) is 4.20. The Labute approximate surface area is 160 Å². The van der Waals surface area contributed by atoms with Crippen LogP contribution in [0.25, 0.3) is 0 Å². The topological polar surface area (TPSA) is 97.2 Å². The molecule has 0 saturated carbocycles. The number of esters is 1. The van der Waals surface area contributed by atoms with Gasteiger partial charge < -0.3 is 19.9 Å². The molecular formula is C18H23BrN2O5. The Kier molecular flexibility index (Phi) is 6.63. The Hall–Kier alpha value is -2.09. The van der Waals surface area contributed by atoms with Crippen molar-refractivity contribution >= 4 is 33.6 Å². The van der Waals surface area contributed by atoms with Gasteiger partial charge in [-0.3, -0.25) is 4.79 Å². The molecule has 2 N–H and O–H groups in total. The number of carbonyl (C=O) groups is 2. The van der Waals surface area contributed by atoms with Crippen LogP contribution in [0.3, 0.4) is 0 Å². The molecule has 0 radical (unpaired) electrons. The molecular weight excluding hydrogens is 404 g/mol. The van der Waals surface area contributed by atoms with Crippen LogP contribution in [0.1, 0.15) is 45.7 Å². The minimum absolute atomic E-state index is 0.0399. The second-order valence-electron chi connectivity index (χ2n) is 6.10. The minimum Gasteiger partial charge on any atom is -0.503 e. The molecule has 8 heteroatoms. The average molecular weight is 427 g/mol. The smallest absolute Gasteiger partial charge is 0.341 e. The number of urea groups is 1. The molecule has 26 heavy (non-hydrogen) atoms. The zero-order valence-corrected chi connectivity index (χ0v) is 16.8. The number of hydrogen-bond acceptors (Lipinski definition) is 5. The van der Waals surface area contributed by atoms with Crippen molar-refractivity contribution in [1.29, 1.82) is 0 Å². The first-order valence-corrected chi connectivity index (χ1v) is 9.29. The van der Waals surface area contributed by atoms with Crippen LogP contribution < -0.4 is 10.1 Å². The van der Waals surface area contributed by atoms with E-state index < -0.39 is 24.0 Å². The molecule has 2 amide bonds. The number of aromatic hydroxyl groups is 1. The number of nitrogens with one attached hydrogen (secondary N) is 1. The zero-order chi connectivity index (χ0) is 19.4. The van der Waals surface area contributed by atoms with Crippen molar-refractivity contribution in [1.82, 2.24) is 5.32 Å². The molecule has 7 nitrogen and oxygen atoms in total.